The van der Waals surface area contributed by atoms with E-state index in [0.29, 0.717) is 16.7 Å². The fraction of sp³-hybridized carbons (Fsp3) is 0.130. The van der Waals surface area contributed by atoms with Gasteiger partial charge in [0.2, 0.25) is 5.82 Å². The van der Waals surface area contributed by atoms with Crippen molar-refractivity contribution in [3.63, 3.8) is 0 Å². The Morgan fingerprint density at radius 1 is 1.13 bits per heavy atom. The first kappa shape index (κ1) is 21.8. The summed E-state index contributed by atoms with van der Waals surface area (Å²) in [6, 6.07) is 16.5. The van der Waals surface area contributed by atoms with Crippen LogP contribution in [0.2, 0.25) is 0 Å². The van der Waals surface area contributed by atoms with Crippen molar-refractivity contribution in [3.8, 4) is 11.5 Å². The van der Waals surface area contributed by atoms with Gasteiger partial charge < -0.3 is 26.5 Å². The smallest absolute Gasteiger partial charge is 0.207 e. The summed E-state index contributed by atoms with van der Waals surface area (Å²) in [7, 11) is 0. The molecule has 0 bridgehead atoms. The molecular weight excluding hydrogens is 401 g/mol. The molecule has 0 saturated heterocycles. The first-order valence-corrected chi connectivity index (χ1v) is 9.37. The number of halogens is 1. The first-order chi connectivity index (χ1) is 14.8. The molecular formula is C23H22FN3O4. The Labute approximate surface area is 178 Å². The Hall–Kier alpha value is -3.91. The lowest BCUT2D eigenvalue weighted by Gasteiger charge is -2.14. The van der Waals surface area contributed by atoms with Gasteiger partial charge in [0.1, 0.15) is 18.5 Å². The lowest BCUT2D eigenvalue weighted by atomic mass is 9.98. The fourth-order valence-corrected chi connectivity index (χ4v) is 3.03. The molecule has 0 aliphatic heterocycles. The van der Waals surface area contributed by atoms with Gasteiger partial charge in [0.15, 0.2) is 17.3 Å². The number of phenolic OH excluding ortho intramolecular Hbond substituents is 1. The van der Waals surface area contributed by atoms with E-state index in [9.17, 15) is 19.4 Å². The second kappa shape index (κ2) is 9.27. The Morgan fingerprint density at radius 2 is 1.84 bits per heavy atom. The first-order valence-electron chi connectivity index (χ1n) is 9.37. The lowest BCUT2D eigenvalue weighted by molar-refractivity contribution is 0.101. The zero-order valence-electron chi connectivity index (χ0n) is 16.7. The standard InChI is InChI=1S/C23H22FN3O4/c1-13(28)18-9-10-19(20(24)22(18)30)31-12-14-5-7-15(8-6-14)21(29)16-3-2-4-17(11-16)23(25)27-26/h2-11,21,29-30H,12,26H2,1H3,(H2,25,27). The maximum Gasteiger partial charge on any atom is 0.207 e. The van der Waals surface area contributed by atoms with Crippen LogP contribution in [-0.2, 0) is 6.61 Å². The average molecular weight is 423 g/mol. The van der Waals surface area contributed by atoms with Gasteiger partial charge in [-0.3, -0.25) is 4.79 Å². The molecule has 0 radical (unpaired) electrons. The van der Waals surface area contributed by atoms with Gasteiger partial charge in [-0.2, -0.15) is 9.49 Å². The molecule has 8 heteroatoms. The predicted octanol–water partition coefficient (Wildman–Crippen LogP) is 2.97. The van der Waals surface area contributed by atoms with Gasteiger partial charge in [0.05, 0.1) is 5.56 Å². The van der Waals surface area contributed by atoms with E-state index in [4.69, 9.17) is 16.3 Å². The zero-order chi connectivity index (χ0) is 22.5. The SMILES string of the molecule is CC(=O)c1ccc(OCc2ccc(C(O)c3cccc(/C(N)=N/N)c3)cc2)c(F)c1O. The van der Waals surface area contributed by atoms with Crippen LogP contribution in [0.5, 0.6) is 11.5 Å². The van der Waals surface area contributed by atoms with Gasteiger partial charge in [-0.25, -0.2) is 0 Å². The Balaban J connectivity index is 1.71. The molecule has 0 heterocycles. The zero-order valence-corrected chi connectivity index (χ0v) is 16.7. The van der Waals surface area contributed by atoms with Gasteiger partial charge in [-0.05, 0) is 41.8 Å². The van der Waals surface area contributed by atoms with E-state index in [1.165, 1.54) is 19.1 Å². The molecule has 31 heavy (non-hydrogen) atoms. The Kier molecular flexibility index (Phi) is 6.52. The van der Waals surface area contributed by atoms with E-state index in [1.807, 2.05) is 0 Å². The average Bonchev–Trinajstić information content (AvgIpc) is 2.79. The summed E-state index contributed by atoms with van der Waals surface area (Å²) in [4.78, 5) is 11.4. The molecule has 0 aliphatic rings. The number of benzene rings is 3. The number of nitrogens with zero attached hydrogens (tertiary/aromatic N) is 1. The van der Waals surface area contributed by atoms with Crippen LogP contribution in [0.3, 0.4) is 0 Å². The molecule has 1 atom stereocenters. The molecule has 3 aromatic carbocycles. The maximum atomic E-state index is 14.2. The van der Waals surface area contributed by atoms with Crippen LogP contribution in [0.15, 0.2) is 65.8 Å². The van der Waals surface area contributed by atoms with Crippen LogP contribution in [-0.4, -0.2) is 21.8 Å². The molecule has 3 rings (SSSR count). The number of nitrogens with two attached hydrogens (primary N) is 2. The number of rotatable bonds is 7. The minimum Gasteiger partial charge on any atom is -0.504 e. The van der Waals surface area contributed by atoms with Crippen molar-refractivity contribution in [3.05, 3.63) is 94.3 Å². The summed E-state index contributed by atoms with van der Waals surface area (Å²) in [6.07, 6.45) is -0.894. The molecule has 0 amide bonds. The number of aliphatic hydroxyl groups is 1. The highest BCUT2D eigenvalue weighted by Gasteiger charge is 2.17. The van der Waals surface area contributed by atoms with Gasteiger partial charge in [-0.15, -0.1) is 0 Å². The van der Waals surface area contributed by atoms with Crippen LogP contribution in [0.25, 0.3) is 0 Å². The maximum absolute atomic E-state index is 14.2. The summed E-state index contributed by atoms with van der Waals surface area (Å²) in [5, 5.41) is 23.9. The number of hydrazone groups is 1. The Morgan fingerprint density at radius 3 is 2.48 bits per heavy atom. The molecule has 6 N–H and O–H groups in total. The summed E-state index contributed by atoms with van der Waals surface area (Å²) >= 11 is 0. The minimum atomic E-state index is -0.986. The third kappa shape index (κ3) is 4.81. The van der Waals surface area contributed by atoms with E-state index in [0.717, 1.165) is 5.56 Å². The van der Waals surface area contributed by atoms with E-state index >= 15 is 0 Å². The van der Waals surface area contributed by atoms with Crippen molar-refractivity contribution >= 4 is 11.6 Å². The highest BCUT2D eigenvalue weighted by Crippen LogP contribution is 2.30. The molecule has 7 nitrogen and oxygen atoms in total. The quantitative estimate of drug-likeness (QED) is 0.152. The highest BCUT2D eigenvalue weighted by molar-refractivity contribution is 5.97. The second-order valence-corrected chi connectivity index (χ2v) is 6.90. The summed E-state index contributed by atoms with van der Waals surface area (Å²) < 4.78 is 19.6. The van der Waals surface area contributed by atoms with Crippen LogP contribution >= 0.6 is 0 Å². The van der Waals surface area contributed by atoms with Gasteiger partial charge in [-0.1, -0.05) is 42.5 Å². The van der Waals surface area contributed by atoms with E-state index in [2.05, 4.69) is 5.10 Å². The summed E-state index contributed by atoms with van der Waals surface area (Å²) in [5.74, 6) is 3.04. The lowest BCUT2D eigenvalue weighted by Crippen LogP contribution is -2.16. The van der Waals surface area contributed by atoms with Crippen molar-refractivity contribution < 1.29 is 24.1 Å². The summed E-state index contributed by atoms with van der Waals surface area (Å²) in [6.45, 7) is 1.27. The van der Waals surface area contributed by atoms with E-state index in [1.54, 1.807) is 48.5 Å². The molecule has 3 aromatic rings. The van der Waals surface area contributed by atoms with Crippen molar-refractivity contribution in [2.45, 2.75) is 19.6 Å². The van der Waals surface area contributed by atoms with Gasteiger partial charge >= 0.3 is 0 Å². The Bertz CT molecular complexity index is 1130. The number of amidine groups is 1. The minimum absolute atomic E-state index is 0.0329. The molecule has 0 fully saturated rings. The number of phenols is 1. The van der Waals surface area contributed by atoms with Crippen molar-refractivity contribution in [1.82, 2.24) is 0 Å². The third-order valence-electron chi connectivity index (χ3n) is 4.79. The van der Waals surface area contributed by atoms with Crippen LogP contribution in [0, 0.1) is 5.82 Å². The molecule has 0 spiro atoms. The molecule has 0 aliphatic carbocycles. The number of aromatic hydroxyl groups is 1. The normalized spacial score (nSPS) is 12.4. The van der Waals surface area contributed by atoms with Crippen LogP contribution < -0.4 is 16.3 Å². The van der Waals surface area contributed by atoms with Crippen molar-refractivity contribution in [1.29, 1.82) is 0 Å². The van der Waals surface area contributed by atoms with E-state index in [-0.39, 0.29) is 23.8 Å². The molecule has 0 saturated carbocycles. The molecule has 1 unspecified atom stereocenters. The van der Waals surface area contributed by atoms with Crippen molar-refractivity contribution in [2.24, 2.45) is 16.7 Å². The van der Waals surface area contributed by atoms with Crippen molar-refractivity contribution in [2.75, 3.05) is 0 Å². The predicted molar refractivity (Wildman–Crippen MR) is 114 cm³/mol. The van der Waals surface area contributed by atoms with Crippen LogP contribution in [0.4, 0.5) is 4.39 Å². The fourth-order valence-electron chi connectivity index (χ4n) is 3.03. The van der Waals surface area contributed by atoms with Gasteiger partial charge in [0, 0.05) is 5.56 Å². The topological polar surface area (TPSA) is 131 Å². The second-order valence-electron chi connectivity index (χ2n) is 6.90. The van der Waals surface area contributed by atoms with Gasteiger partial charge in [0.25, 0.3) is 0 Å². The number of hydrogen-bond acceptors (Lipinski definition) is 6. The number of Topliss-reactive ketones (excluding diaryl/α,β-unsaturated/α-hetero) is 1. The number of carbonyl (C=O) groups excluding carboxylic acids is 1. The number of hydrogen-bond donors (Lipinski definition) is 4. The monoisotopic (exact) mass is 423 g/mol. The highest BCUT2D eigenvalue weighted by atomic mass is 19.1. The summed E-state index contributed by atoms with van der Waals surface area (Å²) in [5.41, 5.74) is 8.19. The van der Waals surface area contributed by atoms with E-state index < -0.39 is 23.5 Å². The number of ketones is 1. The van der Waals surface area contributed by atoms with Crippen LogP contribution in [0.1, 0.15) is 45.6 Å². The third-order valence-corrected chi connectivity index (χ3v) is 4.79. The molecule has 160 valence electrons. The number of carbonyl (C=O) groups is 1. The number of ether oxygens (including phenoxy) is 1. The number of aliphatic hydroxyl groups excluding tert-OH is 1. The molecule has 0 aromatic heterocycles. The largest absolute Gasteiger partial charge is 0.504 e.